The van der Waals surface area contributed by atoms with Crippen LogP contribution in [0.25, 0.3) is 10.9 Å². The maximum Gasteiger partial charge on any atom is 0.173 e. The Bertz CT molecular complexity index is 875. The molecule has 4 rings (SSSR count). The van der Waals surface area contributed by atoms with E-state index < -0.39 is 0 Å². The molecule has 2 aliphatic rings. The lowest BCUT2D eigenvalue weighted by Crippen LogP contribution is -2.46. The minimum Gasteiger partial charge on any atom is -0.354 e. The van der Waals surface area contributed by atoms with E-state index in [-0.39, 0.29) is 0 Å². The number of likely N-dealkylation sites (tertiary alicyclic amines) is 1. The predicted octanol–water partition coefficient (Wildman–Crippen LogP) is 4.11. The number of thiocarbonyl (C=S) groups is 1. The van der Waals surface area contributed by atoms with Crippen LogP contribution in [-0.4, -0.2) is 65.7 Å². The van der Waals surface area contributed by atoms with Crippen molar-refractivity contribution in [2.75, 3.05) is 56.0 Å². The fourth-order valence-electron chi connectivity index (χ4n) is 4.49. The number of nitrogens with one attached hydrogen (secondary N) is 1. The number of likely N-dealkylation sites (N-methyl/N-ethyl adjacent to an activating group) is 1. The highest BCUT2D eigenvalue weighted by molar-refractivity contribution is 7.80. The summed E-state index contributed by atoms with van der Waals surface area (Å²) in [7, 11) is 0. The number of fused-ring (bicyclic) bond motifs is 1. The average Bonchev–Trinajstić information content (AvgIpc) is 2.74. The van der Waals surface area contributed by atoms with Gasteiger partial charge in [-0.2, -0.15) is 0 Å². The van der Waals surface area contributed by atoms with E-state index in [9.17, 15) is 0 Å². The Kier molecular flexibility index (Phi) is 6.20. The molecule has 0 spiro atoms. The number of aromatic nitrogens is 1. The molecule has 29 heavy (non-hydrogen) atoms. The SMILES string of the molecule is CCN1CCN(c2cc(C)c3cc(NC(=S)N4CCC[C@H](C)C4)ccc3n2)CC1. The Morgan fingerprint density at radius 1 is 1.17 bits per heavy atom. The highest BCUT2D eigenvalue weighted by atomic mass is 32.1. The monoisotopic (exact) mass is 411 g/mol. The van der Waals surface area contributed by atoms with Gasteiger partial charge in [0, 0.05) is 50.3 Å². The zero-order chi connectivity index (χ0) is 20.4. The largest absolute Gasteiger partial charge is 0.354 e. The Balaban J connectivity index is 1.49. The number of nitrogens with zero attached hydrogens (tertiary/aromatic N) is 4. The van der Waals surface area contributed by atoms with Crippen molar-refractivity contribution in [2.24, 2.45) is 5.92 Å². The molecule has 1 atom stereocenters. The molecule has 2 aliphatic heterocycles. The van der Waals surface area contributed by atoms with E-state index in [2.05, 4.69) is 65.1 Å². The van der Waals surface area contributed by atoms with Crippen LogP contribution in [0.1, 0.15) is 32.3 Å². The lowest BCUT2D eigenvalue weighted by molar-refractivity contribution is 0.270. The van der Waals surface area contributed by atoms with E-state index in [1.165, 1.54) is 23.8 Å². The van der Waals surface area contributed by atoms with E-state index in [1.54, 1.807) is 0 Å². The molecule has 0 saturated carbocycles. The minimum absolute atomic E-state index is 0.712. The molecule has 0 unspecified atom stereocenters. The Morgan fingerprint density at radius 3 is 2.69 bits per heavy atom. The van der Waals surface area contributed by atoms with Crippen LogP contribution in [-0.2, 0) is 0 Å². The minimum atomic E-state index is 0.712. The zero-order valence-electron chi connectivity index (χ0n) is 17.9. The van der Waals surface area contributed by atoms with Gasteiger partial charge in [-0.15, -0.1) is 0 Å². The Labute approximate surface area is 180 Å². The second-order valence-electron chi connectivity index (χ2n) is 8.57. The van der Waals surface area contributed by atoms with Gasteiger partial charge in [0.2, 0.25) is 0 Å². The number of hydrogen-bond donors (Lipinski definition) is 1. The third-order valence-corrected chi connectivity index (χ3v) is 6.70. The van der Waals surface area contributed by atoms with E-state index in [0.717, 1.165) is 67.9 Å². The molecule has 1 N–H and O–H groups in total. The molecule has 6 heteroatoms. The van der Waals surface area contributed by atoms with Gasteiger partial charge in [-0.3, -0.25) is 0 Å². The first-order chi connectivity index (χ1) is 14.0. The summed E-state index contributed by atoms with van der Waals surface area (Å²) in [4.78, 5) is 12.2. The summed E-state index contributed by atoms with van der Waals surface area (Å²) in [6, 6.07) is 8.65. The third kappa shape index (κ3) is 4.64. The van der Waals surface area contributed by atoms with Gasteiger partial charge in [0.15, 0.2) is 5.11 Å². The van der Waals surface area contributed by atoms with E-state index >= 15 is 0 Å². The summed E-state index contributed by atoms with van der Waals surface area (Å²) in [5, 5.41) is 5.49. The third-order valence-electron chi connectivity index (χ3n) is 6.34. The molecule has 1 aromatic carbocycles. The van der Waals surface area contributed by atoms with Gasteiger partial charge in [-0.1, -0.05) is 13.8 Å². The number of aryl methyl sites for hydroxylation is 1. The highest BCUT2D eigenvalue weighted by Crippen LogP contribution is 2.26. The number of anilines is 2. The van der Waals surface area contributed by atoms with Crippen LogP contribution in [0.15, 0.2) is 24.3 Å². The topological polar surface area (TPSA) is 34.6 Å². The van der Waals surface area contributed by atoms with Crippen LogP contribution in [0.3, 0.4) is 0 Å². The van der Waals surface area contributed by atoms with Crippen molar-refractivity contribution in [3.05, 3.63) is 29.8 Å². The molecule has 0 amide bonds. The fraction of sp³-hybridized carbons (Fsp3) is 0.565. The van der Waals surface area contributed by atoms with Gasteiger partial charge < -0.3 is 20.0 Å². The van der Waals surface area contributed by atoms with Crippen molar-refractivity contribution >= 4 is 39.7 Å². The average molecular weight is 412 g/mol. The number of benzene rings is 1. The molecule has 2 fully saturated rings. The summed E-state index contributed by atoms with van der Waals surface area (Å²) in [5.74, 6) is 1.81. The molecule has 3 heterocycles. The molecule has 1 aromatic heterocycles. The van der Waals surface area contributed by atoms with Crippen LogP contribution < -0.4 is 10.2 Å². The van der Waals surface area contributed by atoms with Crippen LogP contribution in [0.4, 0.5) is 11.5 Å². The van der Waals surface area contributed by atoms with Crippen LogP contribution in [0.2, 0.25) is 0 Å². The summed E-state index contributed by atoms with van der Waals surface area (Å²) in [6.45, 7) is 14.3. The van der Waals surface area contributed by atoms with Crippen LogP contribution >= 0.6 is 12.2 Å². The maximum absolute atomic E-state index is 5.68. The normalized spacial score (nSPS) is 20.9. The van der Waals surface area contributed by atoms with Crippen molar-refractivity contribution in [3.63, 3.8) is 0 Å². The number of piperidine rings is 1. The fourth-order valence-corrected chi connectivity index (χ4v) is 4.77. The number of rotatable bonds is 3. The first-order valence-electron chi connectivity index (χ1n) is 11.0. The first kappa shape index (κ1) is 20.4. The van der Waals surface area contributed by atoms with Crippen molar-refractivity contribution in [1.29, 1.82) is 0 Å². The van der Waals surface area contributed by atoms with Gasteiger partial charge in [0.05, 0.1) is 5.52 Å². The quantitative estimate of drug-likeness (QED) is 0.766. The Hall–Kier alpha value is -1.92. The zero-order valence-corrected chi connectivity index (χ0v) is 18.8. The summed E-state index contributed by atoms with van der Waals surface area (Å²) in [5.41, 5.74) is 3.38. The summed E-state index contributed by atoms with van der Waals surface area (Å²) < 4.78 is 0. The molecule has 5 nitrogen and oxygen atoms in total. The van der Waals surface area contributed by atoms with Gasteiger partial charge in [0.1, 0.15) is 5.82 Å². The molecular weight excluding hydrogens is 378 g/mol. The van der Waals surface area contributed by atoms with E-state index in [1.807, 2.05) is 0 Å². The van der Waals surface area contributed by atoms with Crippen molar-refractivity contribution in [1.82, 2.24) is 14.8 Å². The molecule has 0 aliphatic carbocycles. The number of hydrogen-bond acceptors (Lipinski definition) is 4. The predicted molar refractivity (Wildman–Crippen MR) is 127 cm³/mol. The summed E-state index contributed by atoms with van der Waals surface area (Å²) in [6.07, 6.45) is 2.52. The second-order valence-corrected chi connectivity index (χ2v) is 8.96. The van der Waals surface area contributed by atoms with Crippen molar-refractivity contribution in [2.45, 2.75) is 33.6 Å². The molecule has 0 radical (unpaired) electrons. The maximum atomic E-state index is 5.68. The molecule has 0 bridgehead atoms. The molecule has 156 valence electrons. The highest BCUT2D eigenvalue weighted by Gasteiger charge is 2.20. The number of piperazine rings is 1. The number of pyridine rings is 1. The van der Waals surface area contributed by atoms with Gasteiger partial charge in [-0.05, 0) is 74.3 Å². The van der Waals surface area contributed by atoms with Gasteiger partial charge in [0.25, 0.3) is 0 Å². The Morgan fingerprint density at radius 2 is 1.97 bits per heavy atom. The van der Waals surface area contributed by atoms with Crippen LogP contribution in [0, 0.1) is 12.8 Å². The molecular formula is C23H33N5S. The van der Waals surface area contributed by atoms with E-state index in [0.29, 0.717) is 5.92 Å². The second kappa shape index (κ2) is 8.84. The van der Waals surface area contributed by atoms with Crippen LogP contribution in [0.5, 0.6) is 0 Å². The van der Waals surface area contributed by atoms with Crippen molar-refractivity contribution in [3.8, 4) is 0 Å². The molecule has 2 saturated heterocycles. The molecule has 2 aromatic rings. The lowest BCUT2D eigenvalue weighted by Gasteiger charge is -2.35. The first-order valence-corrected chi connectivity index (χ1v) is 11.4. The van der Waals surface area contributed by atoms with E-state index in [4.69, 9.17) is 17.2 Å². The van der Waals surface area contributed by atoms with Gasteiger partial charge >= 0.3 is 0 Å². The summed E-state index contributed by atoms with van der Waals surface area (Å²) >= 11 is 5.68. The smallest absolute Gasteiger partial charge is 0.173 e. The lowest BCUT2D eigenvalue weighted by atomic mass is 10.0. The standard InChI is InChI=1S/C23H33N5S/c1-4-26-10-12-27(13-11-26)22-14-18(3)20-15-19(7-8-21(20)25-22)24-23(29)28-9-5-6-17(2)16-28/h7-8,14-15,17H,4-6,9-13,16H2,1-3H3,(H,24,29)/t17-/m0/s1. The van der Waals surface area contributed by atoms with Gasteiger partial charge in [-0.25, -0.2) is 4.98 Å². The van der Waals surface area contributed by atoms with Crippen molar-refractivity contribution < 1.29 is 0 Å².